The van der Waals surface area contributed by atoms with Crippen LogP contribution in [0.2, 0.25) is 0 Å². The van der Waals surface area contributed by atoms with Gasteiger partial charge in [0.05, 0.1) is 20.3 Å². The van der Waals surface area contributed by atoms with Gasteiger partial charge in [-0.15, -0.1) is 0 Å². The Labute approximate surface area is 148 Å². The number of hydrogen-bond donors (Lipinski definition) is 2. The van der Waals surface area contributed by atoms with Gasteiger partial charge >= 0.3 is 0 Å². The number of hydrogen-bond acceptors (Lipinski definition) is 4. The van der Waals surface area contributed by atoms with Crippen LogP contribution in [0.15, 0.2) is 48.5 Å². The summed E-state index contributed by atoms with van der Waals surface area (Å²) in [6, 6.07) is 15.9. The Kier molecular flexibility index (Phi) is 5.56. The van der Waals surface area contributed by atoms with E-state index in [0.29, 0.717) is 0 Å². The summed E-state index contributed by atoms with van der Waals surface area (Å²) in [6.07, 6.45) is 1.61. The number of carbonyl (C=O) groups excluding carboxylic acids is 1. The number of methoxy groups -OCH3 is 2. The molecular formula is C20H24N2O3. The highest BCUT2D eigenvalue weighted by Crippen LogP contribution is 2.24. The van der Waals surface area contributed by atoms with Gasteiger partial charge in [0.25, 0.3) is 0 Å². The van der Waals surface area contributed by atoms with Crippen molar-refractivity contribution in [2.45, 2.75) is 24.9 Å². The molecule has 1 heterocycles. The lowest BCUT2D eigenvalue weighted by Crippen LogP contribution is -2.39. The summed E-state index contributed by atoms with van der Waals surface area (Å²) >= 11 is 0. The van der Waals surface area contributed by atoms with Crippen molar-refractivity contribution < 1.29 is 14.3 Å². The lowest BCUT2D eigenvalue weighted by Gasteiger charge is -2.23. The molecule has 2 atom stereocenters. The molecule has 2 aromatic rings. The molecule has 1 aliphatic rings. The number of rotatable bonds is 7. The molecule has 1 aliphatic heterocycles. The lowest BCUT2D eigenvalue weighted by molar-refractivity contribution is -0.121. The normalized spacial score (nSPS) is 17.8. The molecule has 5 heteroatoms. The number of nitrogens with one attached hydrogen (secondary N) is 2. The molecule has 2 N–H and O–H groups in total. The first-order valence-corrected chi connectivity index (χ1v) is 8.50. The van der Waals surface area contributed by atoms with E-state index in [-0.39, 0.29) is 18.0 Å². The van der Waals surface area contributed by atoms with Crippen LogP contribution in [0.25, 0.3) is 0 Å². The van der Waals surface area contributed by atoms with Gasteiger partial charge < -0.3 is 14.8 Å². The summed E-state index contributed by atoms with van der Waals surface area (Å²) < 4.78 is 10.5. The second kappa shape index (κ2) is 8.03. The van der Waals surface area contributed by atoms with Crippen LogP contribution in [0.4, 0.5) is 0 Å². The molecule has 0 spiro atoms. The van der Waals surface area contributed by atoms with Gasteiger partial charge in [0.2, 0.25) is 5.91 Å². The maximum absolute atomic E-state index is 12.0. The highest BCUT2D eigenvalue weighted by molar-refractivity contribution is 5.83. The third-order valence-electron chi connectivity index (χ3n) is 4.57. The monoisotopic (exact) mass is 340 g/mol. The number of benzene rings is 2. The minimum atomic E-state index is -0.148. The maximum atomic E-state index is 12.0. The second-order valence-corrected chi connectivity index (χ2v) is 6.18. The molecule has 25 heavy (non-hydrogen) atoms. The topological polar surface area (TPSA) is 59.6 Å². The van der Waals surface area contributed by atoms with E-state index < -0.39 is 0 Å². The Bertz CT molecular complexity index is 698. The van der Waals surface area contributed by atoms with Crippen LogP contribution in [0.5, 0.6) is 11.5 Å². The van der Waals surface area contributed by atoms with E-state index in [2.05, 4.69) is 22.8 Å². The van der Waals surface area contributed by atoms with Crippen LogP contribution < -0.4 is 20.1 Å². The summed E-state index contributed by atoms with van der Waals surface area (Å²) in [5.74, 6) is 1.74. The molecule has 0 radical (unpaired) electrons. The molecule has 1 fully saturated rings. The van der Waals surface area contributed by atoms with E-state index in [4.69, 9.17) is 9.47 Å². The molecular weight excluding hydrogens is 316 g/mol. The number of ether oxygens (including phenoxy) is 2. The average molecular weight is 340 g/mol. The summed E-state index contributed by atoms with van der Waals surface area (Å²) in [6.45, 7) is 0.731. The van der Waals surface area contributed by atoms with Crippen molar-refractivity contribution in [3.05, 3.63) is 59.7 Å². The van der Waals surface area contributed by atoms with Gasteiger partial charge in [-0.25, -0.2) is 0 Å². The Balaban J connectivity index is 1.80. The van der Waals surface area contributed by atoms with Crippen LogP contribution >= 0.6 is 0 Å². The highest BCUT2D eigenvalue weighted by Gasteiger charge is 2.27. The Morgan fingerprint density at radius 3 is 2.16 bits per heavy atom. The Morgan fingerprint density at radius 1 is 1.04 bits per heavy atom. The van der Waals surface area contributed by atoms with E-state index in [0.717, 1.165) is 36.4 Å². The Morgan fingerprint density at radius 2 is 1.64 bits per heavy atom. The highest BCUT2D eigenvalue weighted by atomic mass is 16.5. The largest absolute Gasteiger partial charge is 0.497 e. The van der Waals surface area contributed by atoms with Crippen LogP contribution in [0.3, 0.4) is 0 Å². The molecule has 0 aliphatic carbocycles. The molecule has 3 rings (SSSR count). The zero-order chi connectivity index (χ0) is 17.6. The molecule has 0 unspecified atom stereocenters. The molecule has 1 saturated heterocycles. The van der Waals surface area contributed by atoms with E-state index in [1.165, 1.54) is 5.56 Å². The third-order valence-corrected chi connectivity index (χ3v) is 4.57. The zero-order valence-electron chi connectivity index (χ0n) is 14.6. The number of amides is 1. The van der Waals surface area contributed by atoms with Crippen molar-refractivity contribution in [3.63, 3.8) is 0 Å². The minimum absolute atomic E-state index is 0.0492. The van der Waals surface area contributed by atoms with Crippen LogP contribution in [-0.2, 0) is 11.2 Å². The van der Waals surface area contributed by atoms with Gasteiger partial charge in [0.15, 0.2) is 0 Å². The Hall–Kier alpha value is -2.53. The molecule has 0 bridgehead atoms. The number of carbonyl (C=O) groups is 1. The predicted molar refractivity (Wildman–Crippen MR) is 97.0 cm³/mol. The molecule has 132 valence electrons. The molecule has 5 nitrogen and oxygen atoms in total. The van der Waals surface area contributed by atoms with Gasteiger partial charge in [0.1, 0.15) is 11.5 Å². The SMILES string of the molecule is COc1ccc(C[C@H](N[C@@H]2CCNC2=O)c2ccc(OC)cc2)cc1. The standard InChI is InChI=1S/C20H24N2O3/c1-24-16-7-3-14(4-8-16)13-19(22-18-11-12-21-20(18)23)15-5-9-17(25-2)10-6-15/h3-10,18-19,22H,11-13H2,1-2H3,(H,21,23)/t18-,19+/m1/s1. The molecule has 1 amide bonds. The zero-order valence-corrected chi connectivity index (χ0v) is 14.6. The fourth-order valence-corrected chi connectivity index (χ4v) is 3.10. The van der Waals surface area contributed by atoms with Crippen LogP contribution in [-0.4, -0.2) is 32.7 Å². The molecule has 0 aromatic heterocycles. The van der Waals surface area contributed by atoms with Crippen molar-refractivity contribution in [2.75, 3.05) is 20.8 Å². The van der Waals surface area contributed by atoms with Gasteiger partial charge in [-0.05, 0) is 48.2 Å². The predicted octanol–water partition coefficient (Wildman–Crippen LogP) is 2.47. The smallest absolute Gasteiger partial charge is 0.237 e. The van der Waals surface area contributed by atoms with Crippen LogP contribution in [0.1, 0.15) is 23.6 Å². The van der Waals surface area contributed by atoms with Crippen molar-refractivity contribution in [3.8, 4) is 11.5 Å². The third kappa shape index (κ3) is 4.31. The summed E-state index contributed by atoms with van der Waals surface area (Å²) in [7, 11) is 3.32. The van der Waals surface area contributed by atoms with Crippen molar-refractivity contribution in [2.24, 2.45) is 0 Å². The first-order chi connectivity index (χ1) is 12.2. The van der Waals surface area contributed by atoms with Crippen molar-refractivity contribution >= 4 is 5.91 Å². The van der Waals surface area contributed by atoms with E-state index in [1.54, 1.807) is 14.2 Å². The van der Waals surface area contributed by atoms with E-state index in [9.17, 15) is 4.79 Å². The molecule has 2 aromatic carbocycles. The van der Waals surface area contributed by atoms with Gasteiger partial charge in [0, 0.05) is 12.6 Å². The lowest BCUT2D eigenvalue weighted by atomic mass is 9.97. The fraction of sp³-hybridized carbons (Fsp3) is 0.350. The summed E-state index contributed by atoms with van der Waals surface area (Å²) in [4.78, 5) is 12.0. The summed E-state index contributed by atoms with van der Waals surface area (Å²) in [5, 5.41) is 6.40. The first-order valence-electron chi connectivity index (χ1n) is 8.50. The maximum Gasteiger partial charge on any atom is 0.237 e. The summed E-state index contributed by atoms with van der Waals surface area (Å²) in [5.41, 5.74) is 2.32. The van der Waals surface area contributed by atoms with Crippen molar-refractivity contribution in [1.29, 1.82) is 0 Å². The van der Waals surface area contributed by atoms with Gasteiger partial charge in [-0.1, -0.05) is 24.3 Å². The second-order valence-electron chi connectivity index (χ2n) is 6.18. The van der Waals surface area contributed by atoms with Gasteiger partial charge in [-0.2, -0.15) is 0 Å². The quantitative estimate of drug-likeness (QED) is 0.813. The minimum Gasteiger partial charge on any atom is -0.497 e. The van der Waals surface area contributed by atoms with Crippen LogP contribution in [0, 0.1) is 0 Å². The van der Waals surface area contributed by atoms with Crippen molar-refractivity contribution in [1.82, 2.24) is 10.6 Å². The first kappa shape index (κ1) is 17.3. The fourth-order valence-electron chi connectivity index (χ4n) is 3.10. The van der Waals surface area contributed by atoms with E-state index >= 15 is 0 Å². The van der Waals surface area contributed by atoms with E-state index in [1.807, 2.05) is 36.4 Å². The van der Waals surface area contributed by atoms with Gasteiger partial charge in [-0.3, -0.25) is 10.1 Å². The average Bonchev–Trinajstić information content (AvgIpc) is 3.06. The molecule has 0 saturated carbocycles.